The van der Waals surface area contributed by atoms with E-state index >= 15 is 0 Å². The van der Waals surface area contributed by atoms with Crippen LogP contribution >= 0.6 is 0 Å². The summed E-state index contributed by atoms with van der Waals surface area (Å²) in [5, 5.41) is 2.72. The third-order valence-electron chi connectivity index (χ3n) is 4.99. The number of aromatic nitrogens is 2. The van der Waals surface area contributed by atoms with Gasteiger partial charge in [-0.3, -0.25) is 9.59 Å². The Bertz CT molecular complexity index is 1430. The fourth-order valence-corrected chi connectivity index (χ4v) is 3.29. The molecule has 2 heterocycles. The van der Waals surface area contributed by atoms with Gasteiger partial charge in [0.1, 0.15) is 23.9 Å². The maximum absolute atomic E-state index is 12.7. The predicted molar refractivity (Wildman–Crippen MR) is 126 cm³/mol. The number of hydrogen-bond donors (Lipinski definition) is 1. The fourth-order valence-electron chi connectivity index (χ4n) is 3.29. The van der Waals surface area contributed by atoms with E-state index in [-0.39, 0.29) is 23.6 Å². The predicted octanol–water partition coefficient (Wildman–Crippen LogP) is 3.37. The van der Waals surface area contributed by atoms with Crippen molar-refractivity contribution in [1.82, 2.24) is 9.56 Å². The summed E-state index contributed by atoms with van der Waals surface area (Å²) in [7, 11) is 1.45. The molecule has 0 aliphatic rings. The van der Waals surface area contributed by atoms with Crippen LogP contribution in [0.1, 0.15) is 28.7 Å². The van der Waals surface area contributed by atoms with Crippen LogP contribution in [0, 0.1) is 6.92 Å². The van der Waals surface area contributed by atoms with Crippen LogP contribution in [0.4, 0.5) is 5.69 Å². The molecule has 1 amide bonds. The van der Waals surface area contributed by atoms with Crippen LogP contribution in [0.15, 0.2) is 70.0 Å². The molecule has 2 aromatic carbocycles. The topological polar surface area (TPSA) is 121 Å². The number of carbonyl (C=O) groups excluding carboxylic acids is 2. The van der Waals surface area contributed by atoms with E-state index in [0.29, 0.717) is 22.9 Å². The molecule has 10 heteroatoms. The summed E-state index contributed by atoms with van der Waals surface area (Å²) in [5.41, 5.74) is 0.632. The minimum atomic E-state index is -0.801. The lowest BCUT2D eigenvalue weighted by Crippen LogP contribution is -2.30. The van der Waals surface area contributed by atoms with Gasteiger partial charge >= 0.3 is 5.97 Å². The van der Waals surface area contributed by atoms with E-state index < -0.39 is 23.5 Å². The van der Waals surface area contributed by atoms with Gasteiger partial charge in [0.15, 0.2) is 11.8 Å². The highest BCUT2D eigenvalue weighted by Crippen LogP contribution is 2.26. The molecule has 0 aliphatic carbocycles. The number of hydrogen-bond acceptors (Lipinski definition) is 8. The number of para-hydroxylation sites is 1. The number of nitrogens with zero attached hydrogens (tertiary/aromatic N) is 2. The molecule has 0 spiro atoms. The maximum atomic E-state index is 12.7. The Labute approximate surface area is 200 Å². The highest BCUT2D eigenvalue weighted by Gasteiger charge is 2.19. The Morgan fingerprint density at radius 2 is 1.89 bits per heavy atom. The third-order valence-corrected chi connectivity index (χ3v) is 4.99. The number of ether oxygens (including phenoxy) is 3. The number of fused-ring (bicyclic) bond motifs is 1. The normalized spacial score (nSPS) is 11.6. The number of rotatable bonds is 8. The average molecular weight is 477 g/mol. The Balaban J connectivity index is 1.45. The van der Waals surface area contributed by atoms with Crippen LogP contribution in [0.25, 0.3) is 5.65 Å². The van der Waals surface area contributed by atoms with Crippen LogP contribution in [0.3, 0.4) is 0 Å². The lowest BCUT2D eigenvalue weighted by atomic mass is 10.1. The van der Waals surface area contributed by atoms with Crippen molar-refractivity contribution in [2.45, 2.75) is 26.6 Å². The summed E-state index contributed by atoms with van der Waals surface area (Å²) in [6.45, 7) is 3.09. The van der Waals surface area contributed by atoms with E-state index in [1.165, 1.54) is 25.3 Å². The summed E-state index contributed by atoms with van der Waals surface area (Å²) in [6, 6.07) is 16.3. The van der Waals surface area contributed by atoms with Gasteiger partial charge in [0.25, 0.3) is 11.5 Å². The highest BCUT2D eigenvalue weighted by atomic mass is 16.5. The number of nitrogens with one attached hydrogen (secondary N) is 1. The van der Waals surface area contributed by atoms with Gasteiger partial charge in [-0.1, -0.05) is 18.2 Å². The second kappa shape index (κ2) is 10.1. The van der Waals surface area contributed by atoms with Crippen LogP contribution < -0.4 is 20.3 Å². The minimum absolute atomic E-state index is 0.176. The summed E-state index contributed by atoms with van der Waals surface area (Å²) in [4.78, 5) is 41.7. The number of benzene rings is 2. The maximum Gasteiger partial charge on any atom is 0.338 e. The third kappa shape index (κ3) is 5.49. The number of carbonyl (C=O) groups is 2. The minimum Gasteiger partial charge on any atom is -0.495 e. The Morgan fingerprint density at radius 3 is 2.63 bits per heavy atom. The van der Waals surface area contributed by atoms with Crippen LogP contribution in [0.2, 0.25) is 0 Å². The van der Waals surface area contributed by atoms with E-state index in [4.69, 9.17) is 18.7 Å². The summed E-state index contributed by atoms with van der Waals surface area (Å²) in [5.74, 6) is 0.349. The molecule has 1 atom stereocenters. The van der Waals surface area contributed by atoms with Gasteiger partial charge < -0.3 is 24.1 Å². The molecule has 4 rings (SSSR count). The van der Waals surface area contributed by atoms with Crippen molar-refractivity contribution in [2.24, 2.45) is 0 Å². The van der Waals surface area contributed by atoms with E-state index in [9.17, 15) is 14.4 Å². The SMILES string of the molecule is COc1ccc(C(=O)OCc2cc(=O)n3oc(C)cc3n2)cc1NC(=O)C(C)Oc1ccccc1. The van der Waals surface area contributed by atoms with Crippen molar-refractivity contribution in [1.29, 1.82) is 0 Å². The van der Waals surface area contributed by atoms with Crippen molar-refractivity contribution in [3.8, 4) is 11.5 Å². The molecule has 0 bridgehead atoms. The van der Waals surface area contributed by atoms with Crippen molar-refractivity contribution in [2.75, 3.05) is 12.4 Å². The molecule has 4 aromatic rings. The van der Waals surface area contributed by atoms with Crippen molar-refractivity contribution in [3.63, 3.8) is 0 Å². The average Bonchev–Trinajstić information content (AvgIpc) is 3.23. The molecule has 2 aromatic heterocycles. The Hall–Kier alpha value is -4.60. The number of methoxy groups -OCH3 is 1. The van der Waals surface area contributed by atoms with Gasteiger partial charge in [-0.2, -0.15) is 0 Å². The van der Waals surface area contributed by atoms with Crippen molar-refractivity contribution in [3.05, 3.63) is 88.0 Å². The second-order valence-electron chi connectivity index (χ2n) is 7.64. The van der Waals surface area contributed by atoms with Gasteiger partial charge in [-0.15, -0.1) is 4.57 Å². The Kier molecular flexibility index (Phi) is 6.81. The molecule has 35 heavy (non-hydrogen) atoms. The lowest BCUT2D eigenvalue weighted by Gasteiger charge is -2.16. The van der Waals surface area contributed by atoms with Crippen LogP contribution in [-0.4, -0.2) is 34.6 Å². The molecule has 0 aliphatic heterocycles. The first kappa shape index (κ1) is 23.6. The van der Waals surface area contributed by atoms with E-state index in [1.807, 2.05) is 6.07 Å². The van der Waals surface area contributed by atoms with Crippen LogP contribution in [0.5, 0.6) is 11.5 Å². The molecule has 0 saturated heterocycles. The zero-order valence-corrected chi connectivity index (χ0v) is 19.3. The monoisotopic (exact) mass is 477 g/mol. The molecular weight excluding hydrogens is 454 g/mol. The van der Waals surface area contributed by atoms with Gasteiger partial charge in [0.05, 0.1) is 24.1 Å². The summed E-state index contributed by atoms with van der Waals surface area (Å²) in [6.07, 6.45) is -0.801. The van der Waals surface area contributed by atoms with Crippen molar-refractivity contribution < 1.29 is 28.3 Å². The van der Waals surface area contributed by atoms with Gasteiger partial charge in [0.2, 0.25) is 0 Å². The Morgan fingerprint density at radius 1 is 1.11 bits per heavy atom. The molecule has 1 N–H and O–H groups in total. The molecule has 10 nitrogen and oxygen atoms in total. The van der Waals surface area contributed by atoms with Gasteiger partial charge in [0, 0.05) is 12.1 Å². The molecular formula is C25H23N3O7. The molecule has 1 unspecified atom stereocenters. The van der Waals surface area contributed by atoms with E-state index in [1.54, 1.807) is 50.2 Å². The van der Waals surface area contributed by atoms with E-state index in [2.05, 4.69) is 10.3 Å². The fraction of sp³-hybridized carbons (Fsp3) is 0.200. The molecule has 0 saturated carbocycles. The lowest BCUT2D eigenvalue weighted by molar-refractivity contribution is -0.122. The first-order valence-electron chi connectivity index (χ1n) is 10.7. The zero-order chi connectivity index (χ0) is 24.9. The van der Waals surface area contributed by atoms with Gasteiger partial charge in [-0.25, -0.2) is 9.78 Å². The van der Waals surface area contributed by atoms with Crippen molar-refractivity contribution >= 4 is 23.2 Å². The quantitative estimate of drug-likeness (QED) is 0.384. The first-order valence-corrected chi connectivity index (χ1v) is 10.7. The summed E-state index contributed by atoms with van der Waals surface area (Å²) < 4.78 is 22.6. The molecule has 0 radical (unpaired) electrons. The molecule has 0 fully saturated rings. The highest BCUT2D eigenvalue weighted by molar-refractivity contribution is 5.98. The van der Waals surface area contributed by atoms with E-state index in [0.717, 1.165) is 4.57 Å². The number of anilines is 1. The van der Waals surface area contributed by atoms with Crippen LogP contribution in [-0.2, 0) is 16.1 Å². The second-order valence-corrected chi connectivity index (χ2v) is 7.64. The smallest absolute Gasteiger partial charge is 0.338 e. The first-order chi connectivity index (χ1) is 16.8. The van der Waals surface area contributed by atoms with Gasteiger partial charge in [-0.05, 0) is 44.2 Å². The number of esters is 1. The zero-order valence-electron chi connectivity index (χ0n) is 19.3. The number of aryl methyl sites for hydroxylation is 1. The standard InChI is InChI=1S/C25H23N3O7/c1-15-11-22-26-18(13-23(29)28(22)35-15)14-33-25(31)17-9-10-21(32-3)20(12-17)27-24(30)16(2)34-19-7-5-4-6-8-19/h4-13,16H,14H2,1-3H3,(H,27,30). The molecule has 180 valence electrons. The number of amides is 1. The summed E-state index contributed by atoms with van der Waals surface area (Å²) >= 11 is 0. The largest absolute Gasteiger partial charge is 0.495 e.